The lowest BCUT2D eigenvalue weighted by atomic mass is 9.95. The Morgan fingerprint density at radius 2 is 1.55 bits per heavy atom. The van der Waals surface area contributed by atoms with Crippen molar-refractivity contribution in [3.8, 4) is 11.5 Å². The van der Waals surface area contributed by atoms with E-state index in [2.05, 4.69) is 5.32 Å². The molecule has 0 aromatic heterocycles. The van der Waals surface area contributed by atoms with Gasteiger partial charge in [0, 0.05) is 12.2 Å². The number of ether oxygens (including phenoxy) is 1. The molecule has 6 nitrogen and oxygen atoms in total. The van der Waals surface area contributed by atoms with Gasteiger partial charge in [-0.3, -0.25) is 4.79 Å². The topological polar surface area (TPSA) is 75.7 Å². The van der Waals surface area contributed by atoms with E-state index in [-0.39, 0.29) is 18.2 Å². The Morgan fingerprint density at radius 1 is 0.935 bits per heavy atom. The molecule has 1 aliphatic rings. The molecule has 1 heterocycles. The van der Waals surface area contributed by atoms with Gasteiger partial charge in [-0.05, 0) is 60.9 Å². The van der Waals surface area contributed by atoms with Crippen molar-refractivity contribution in [3.63, 3.8) is 0 Å². The van der Waals surface area contributed by atoms with Crippen LogP contribution in [0.4, 0.5) is 5.69 Å². The van der Waals surface area contributed by atoms with Gasteiger partial charge in [0.05, 0.1) is 5.75 Å². The second-order valence-electron chi connectivity index (χ2n) is 7.36. The first-order chi connectivity index (χ1) is 15.0. The van der Waals surface area contributed by atoms with E-state index >= 15 is 0 Å². The minimum Gasteiger partial charge on any atom is -0.457 e. The summed E-state index contributed by atoms with van der Waals surface area (Å²) in [5.74, 6) is 0.972. The Hall–Kier alpha value is -3.16. The maximum absolute atomic E-state index is 13.1. The zero-order chi connectivity index (χ0) is 21.8. The number of benzene rings is 3. The molecule has 3 aromatic carbocycles. The third-order valence-electron chi connectivity index (χ3n) is 5.33. The molecule has 0 fully saturated rings. The quantitative estimate of drug-likeness (QED) is 0.629. The molecule has 1 atom stereocenters. The Morgan fingerprint density at radius 3 is 2.23 bits per heavy atom. The number of nitrogens with one attached hydrogen (secondary N) is 1. The van der Waals surface area contributed by atoms with Crippen molar-refractivity contribution in [1.29, 1.82) is 0 Å². The van der Waals surface area contributed by atoms with Crippen molar-refractivity contribution < 1.29 is 17.9 Å². The minimum absolute atomic E-state index is 0.0511. The largest absolute Gasteiger partial charge is 0.457 e. The van der Waals surface area contributed by atoms with Crippen LogP contribution in [0.3, 0.4) is 0 Å². The van der Waals surface area contributed by atoms with Gasteiger partial charge >= 0.3 is 0 Å². The second-order valence-corrected chi connectivity index (χ2v) is 9.57. The van der Waals surface area contributed by atoms with E-state index < -0.39 is 16.1 Å². The smallest absolute Gasteiger partial charge is 0.243 e. The summed E-state index contributed by atoms with van der Waals surface area (Å²) in [4.78, 5) is 13.1. The van der Waals surface area contributed by atoms with Crippen LogP contribution in [-0.2, 0) is 27.8 Å². The van der Waals surface area contributed by atoms with Gasteiger partial charge in [-0.25, -0.2) is 8.42 Å². The summed E-state index contributed by atoms with van der Waals surface area (Å²) in [6, 6.07) is 23.3. The molecule has 1 amide bonds. The number of fused-ring (bicyclic) bond motifs is 1. The van der Waals surface area contributed by atoms with Gasteiger partial charge in [0.2, 0.25) is 15.9 Å². The molecule has 1 N–H and O–H groups in total. The molecule has 0 radical (unpaired) electrons. The number of amides is 1. The highest BCUT2D eigenvalue weighted by molar-refractivity contribution is 7.89. The summed E-state index contributed by atoms with van der Waals surface area (Å²) in [5, 5.41) is 2.86. The summed E-state index contributed by atoms with van der Waals surface area (Å²) in [7, 11) is -3.54. The van der Waals surface area contributed by atoms with Crippen molar-refractivity contribution in [2.45, 2.75) is 25.9 Å². The van der Waals surface area contributed by atoms with E-state index in [1.807, 2.05) is 54.6 Å². The van der Waals surface area contributed by atoms with E-state index in [9.17, 15) is 13.2 Å². The van der Waals surface area contributed by atoms with E-state index in [4.69, 9.17) is 4.74 Å². The highest BCUT2D eigenvalue weighted by Gasteiger charge is 2.37. The number of para-hydroxylation sites is 1. The average molecular weight is 437 g/mol. The number of nitrogens with zero attached hydrogens (tertiary/aromatic N) is 1. The lowest BCUT2D eigenvalue weighted by Crippen LogP contribution is -2.51. The van der Waals surface area contributed by atoms with E-state index in [1.165, 1.54) is 4.31 Å². The first kappa shape index (κ1) is 21.1. The fraction of sp³-hybridized carbons (Fsp3) is 0.208. The van der Waals surface area contributed by atoms with Crippen molar-refractivity contribution in [1.82, 2.24) is 4.31 Å². The molecular formula is C24H24N2O4S. The Balaban J connectivity index is 1.51. The molecule has 1 aliphatic heterocycles. The SMILES string of the molecule is CCS(=O)(=O)N1Cc2ccccc2C[C@@H]1C(=O)Nc1ccc(Oc2ccccc2)cc1. The van der Waals surface area contributed by atoms with Crippen LogP contribution >= 0.6 is 0 Å². The van der Waals surface area contributed by atoms with Crippen LogP contribution in [0.1, 0.15) is 18.1 Å². The average Bonchev–Trinajstić information content (AvgIpc) is 2.80. The van der Waals surface area contributed by atoms with Crippen LogP contribution < -0.4 is 10.1 Å². The number of hydrogen-bond acceptors (Lipinski definition) is 4. The summed E-state index contributed by atoms with van der Waals surface area (Å²) in [6.07, 6.45) is 0.344. The highest BCUT2D eigenvalue weighted by Crippen LogP contribution is 2.28. The lowest BCUT2D eigenvalue weighted by Gasteiger charge is -2.34. The molecule has 0 spiro atoms. The molecular weight excluding hydrogens is 412 g/mol. The van der Waals surface area contributed by atoms with Crippen LogP contribution in [-0.4, -0.2) is 30.4 Å². The molecule has 4 rings (SSSR count). The predicted octanol–water partition coefficient (Wildman–Crippen LogP) is 4.19. The number of carbonyl (C=O) groups excluding carboxylic acids is 1. The summed E-state index contributed by atoms with van der Waals surface area (Å²) in [6.45, 7) is 1.80. The lowest BCUT2D eigenvalue weighted by molar-refractivity contribution is -0.120. The fourth-order valence-electron chi connectivity index (χ4n) is 3.64. The number of sulfonamides is 1. The normalized spacial score (nSPS) is 16.4. The minimum atomic E-state index is -3.54. The molecule has 31 heavy (non-hydrogen) atoms. The van der Waals surface area contributed by atoms with Crippen molar-refractivity contribution in [2.24, 2.45) is 0 Å². The number of hydrogen-bond donors (Lipinski definition) is 1. The third-order valence-corrected chi connectivity index (χ3v) is 7.16. The Bertz CT molecular complexity index is 1160. The van der Waals surface area contributed by atoms with Crippen LogP contribution in [0.2, 0.25) is 0 Å². The molecule has 3 aromatic rings. The first-order valence-electron chi connectivity index (χ1n) is 10.2. The van der Waals surface area contributed by atoms with Crippen LogP contribution in [0, 0.1) is 0 Å². The first-order valence-corrected chi connectivity index (χ1v) is 11.8. The van der Waals surface area contributed by atoms with E-state index in [0.29, 0.717) is 17.9 Å². The maximum atomic E-state index is 13.1. The molecule has 160 valence electrons. The van der Waals surface area contributed by atoms with Crippen molar-refractivity contribution in [3.05, 3.63) is 90.0 Å². The summed E-state index contributed by atoms with van der Waals surface area (Å²) < 4.78 is 32.4. The molecule has 0 unspecified atom stereocenters. The summed E-state index contributed by atoms with van der Waals surface area (Å²) in [5.41, 5.74) is 2.51. The number of carbonyl (C=O) groups is 1. The Kier molecular flexibility index (Phi) is 6.06. The van der Waals surface area contributed by atoms with Gasteiger partial charge in [-0.15, -0.1) is 0 Å². The molecule has 7 heteroatoms. The second kappa shape index (κ2) is 8.91. The molecule has 0 bridgehead atoms. The monoisotopic (exact) mass is 436 g/mol. The van der Waals surface area contributed by atoms with Crippen LogP contribution in [0.5, 0.6) is 11.5 Å². The third kappa shape index (κ3) is 4.78. The van der Waals surface area contributed by atoms with Gasteiger partial charge in [-0.2, -0.15) is 4.31 Å². The molecule has 0 saturated heterocycles. The van der Waals surface area contributed by atoms with Crippen LogP contribution in [0.15, 0.2) is 78.9 Å². The zero-order valence-corrected chi connectivity index (χ0v) is 18.0. The molecule has 0 aliphatic carbocycles. The highest BCUT2D eigenvalue weighted by atomic mass is 32.2. The molecule has 0 saturated carbocycles. The standard InChI is InChI=1S/C24H24N2O4S/c1-2-31(28,29)26-17-19-9-7-6-8-18(19)16-23(26)24(27)25-20-12-14-22(15-13-20)30-21-10-4-3-5-11-21/h3-15,23H,2,16-17H2,1H3,(H,25,27)/t23-/m1/s1. The van der Waals surface area contributed by atoms with Gasteiger partial charge in [0.1, 0.15) is 17.5 Å². The number of anilines is 1. The van der Waals surface area contributed by atoms with Gasteiger partial charge in [0.25, 0.3) is 0 Å². The number of rotatable bonds is 6. The fourth-order valence-corrected chi connectivity index (χ4v) is 4.86. The predicted molar refractivity (Wildman–Crippen MR) is 121 cm³/mol. The van der Waals surface area contributed by atoms with Crippen molar-refractivity contribution >= 4 is 21.6 Å². The van der Waals surface area contributed by atoms with E-state index in [1.54, 1.807) is 31.2 Å². The van der Waals surface area contributed by atoms with E-state index in [0.717, 1.165) is 16.9 Å². The van der Waals surface area contributed by atoms with Gasteiger partial charge in [-0.1, -0.05) is 42.5 Å². The van der Waals surface area contributed by atoms with Crippen molar-refractivity contribution in [2.75, 3.05) is 11.1 Å². The summed E-state index contributed by atoms with van der Waals surface area (Å²) >= 11 is 0. The van der Waals surface area contributed by atoms with Gasteiger partial charge < -0.3 is 10.1 Å². The van der Waals surface area contributed by atoms with Crippen LogP contribution in [0.25, 0.3) is 0 Å². The zero-order valence-electron chi connectivity index (χ0n) is 17.2. The van der Waals surface area contributed by atoms with Gasteiger partial charge in [0.15, 0.2) is 0 Å². The Labute approximate surface area is 182 Å². The maximum Gasteiger partial charge on any atom is 0.243 e.